The van der Waals surface area contributed by atoms with Crippen molar-refractivity contribution in [1.82, 2.24) is 4.31 Å². The lowest BCUT2D eigenvalue weighted by molar-refractivity contribution is -0.140. The Kier molecular flexibility index (Phi) is 5.15. The van der Waals surface area contributed by atoms with Crippen LogP contribution in [0, 0.1) is 0 Å². The van der Waals surface area contributed by atoms with Gasteiger partial charge in [-0.25, -0.2) is 8.42 Å². The molecule has 0 N–H and O–H groups in total. The lowest BCUT2D eigenvalue weighted by Gasteiger charge is -2.16. The van der Waals surface area contributed by atoms with E-state index in [1.807, 2.05) is 0 Å². The molecule has 1 rings (SSSR count). The molecule has 0 radical (unpaired) electrons. The number of halogens is 2. The second-order valence-corrected chi connectivity index (χ2v) is 6.72. The van der Waals surface area contributed by atoms with Gasteiger partial charge in [0.25, 0.3) is 0 Å². The van der Waals surface area contributed by atoms with Crippen LogP contribution in [0.2, 0.25) is 5.02 Å². The molecule has 0 bridgehead atoms. The van der Waals surface area contributed by atoms with E-state index in [-0.39, 0.29) is 11.4 Å². The van der Waals surface area contributed by atoms with Crippen molar-refractivity contribution in [2.45, 2.75) is 4.90 Å². The summed E-state index contributed by atoms with van der Waals surface area (Å²) < 4.78 is 30.0. The highest BCUT2D eigenvalue weighted by Crippen LogP contribution is 2.26. The van der Waals surface area contributed by atoms with Crippen LogP contribution in [0.4, 0.5) is 0 Å². The molecule has 1 aromatic carbocycles. The standard InChI is InChI=1S/C10H11BrClNO4S/c1-13(6-10(14)17-2)18(15,16)7-3-4-9(12)8(11)5-7/h3-5H,6H2,1-2H3. The van der Waals surface area contributed by atoms with Gasteiger partial charge in [-0.3, -0.25) is 4.79 Å². The Morgan fingerprint density at radius 1 is 1.50 bits per heavy atom. The average Bonchev–Trinajstić information content (AvgIpc) is 2.32. The zero-order valence-corrected chi connectivity index (χ0v) is 12.8. The van der Waals surface area contributed by atoms with Crippen molar-refractivity contribution >= 4 is 43.5 Å². The van der Waals surface area contributed by atoms with Gasteiger partial charge in [0, 0.05) is 11.5 Å². The van der Waals surface area contributed by atoms with E-state index in [2.05, 4.69) is 20.7 Å². The molecular weight excluding hydrogens is 346 g/mol. The van der Waals surface area contributed by atoms with Crippen molar-refractivity contribution in [3.05, 3.63) is 27.7 Å². The van der Waals surface area contributed by atoms with Crippen LogP contribution in [-0.2, 0) is 19.6 Å². The number of sulfonamides is 1. The third-order valence-electron chi connectivity index (χ3n) is 2.18. The maximum atomic E-state index is 12.1. The van der Waals surface area contributed by atoms with Crippen molar-refractivity contribution in [1.29, 1.82) is 0 Å². The largest absolute Gasteiger partial charge is 0.468 e. The number of benzene rings is 1. The summed E-state index contributed by atoms with van der Waals surface area (Å²) in [6.07, 6.45) is 0. The second kappa shape index (κ2) is 6.01. The van der Waals surface area contributed by atoms with Crippen LogP contribution >= 0.6 is 27.5 Å². The lowest BCUT2D eigenvalue weighted by atomic mass is 10.4. The maximum absolute atomic E-state index is 12.1. The highest BCUT2D eigenvalue weighted by atomic mass is 79.9. The van der Waals surface area contributed by atoms with Crippen LogP contribution in [0.5, 0.6) is 0 Å². The number of likely N-dealkylation sites (N-methyl/N-ethyl adjacent to an activating group) is 1. The van der Waals surface area contributed by atoms with E-state index in [4.69, 9.17) is 11.6 Å². The van der Waals surface area contributed by atoms with Gasteiger partial charge in [0.15, 0.2) is 0 Å². The predicted octanol–water partition coefficient (Wildman–Crippen LogP) is 1.90. The zero-order chi connectivity index (χ0) is 13.9. The number of hydrogen-bond acceptors (Lipinski definition) is 4. The SMILES string of the molecule is COC(=O)CN(C)S(=O)(=O)c1ccc(Cl)c(Br)c1. The van der Waals surface area contributed by atoms with E-state index < -0.39 is 16.0 Å². The molecule has 0 aromatic heterocycles. The summed E-state index contributed by atoms with van der Waals surface area (Å²) in [7, 11) is -1.24. The number of rotatable bonds is 4. The highest BCUT2D eigenvalue weighted by Gasteiger charge is 2.23. The minimum Gasteiger partial charge on any atom is -0.468 e. The Bertz CT molecular complexity index is 561. The van der Waals surface area contributed by atoms with Crippen LogP contribution in [0.15, 0.2) is 27.6 Å². The molecule has 0 heterocycles. The zero-order valence-electron chi connectivity index (χ0n) is 9.68. The Morgan fingerprint density at radius 3 is 2.61 bits per heavy atom. The number of hydrogen-bond donors (Lipinski definition) is 0. The van der Waals surface area contributed by atoms with Gasteiger partial charge < -0.3 is 4.74 Å². The Balaban J connectivity index is 3.05. The third kappa shape index (κ3) is 3.44. The molecule has 0 spiro atoms. The maximum Gasteiger partial charge on any atom is 0.321 e. The minimum atomic E-state index is -3.74. The fourth-order valence-corrected chi connectivity index (χ4v) is 2.94. The molecule has 1 aromatic rings. The predicted molar refractivity (Wildman–Crippen MR) is 71.0 cm³/mol. The van der Waals surface area contributed by atoms with Gasteiger partial charge in [-0.15, -0.1) is 0 Å². The van der Waals surface area contributed by atoms with Crippen molar-refractivity contribution in [2.75, 3.05) is 20.7 Å². The second-order valence-electron chi connectivity index (χ2n) is 3.41. The summed E-state index contributed by atoms with van der Waals surface area (Å²) in [6.45, 7) is -0.348. The molecule has 0 saturated carbocycles. The van der Waals surface area contributed by atoms with E-state index in [1.165, 1.54) is 32.4 Å². The van der Waals surface area contributed by atoms with Gasteiger partial charge in [0.1, 0.15) is 6.54 Å². The molecule has 0 aliphatic carbocycles. The normalized spacial score (nSPS) is 11.6. The van der Waals surface area contributed by atoms with Gasteiger partial charge in [-0.2, -0.15) is 4.31 Å². The van der Waals surface area contributed by atoms with E-state index in [9.17, 15) is 13.2 Å². The molecule has 0 unspecified atom stereocenters. The fourth-order valence-electron chi connectivity index (χ4n) is 1.15. The molecule has 0 saturated heterocycles. The summed E-state index contributed by atoms with van der Waals surface area (Å²) >= 11 is 8.93. The van der Waals surface area contributed by atoms with Crippen LogP contribution in [-0.4, -0.2) is 39.4 Å². The number of nitrogens with zero attached hydrogens (tertiary/aromatic N) is 1. The van der Waals surface area contributed by atoms with E-state index in [0.717, 1.165) is 4.31 Å². The van der Waals surface area contributed by atoms with E-state index in [1.54, 1.807) is 0 Å². The van der Waals surface area contributed by atoms with Crippen molar-refractivity contribution < 1.29 is 17.9 Å². The average molecular weight is 357 g/mol. The van der Waals surface area contributed by atoms with Gasteiger partial charge in [0.05, 0.1) is 17.0 Å². The summed E-state index contributed by atoms with van der Waals surface area (Å²) in [5.74, 6) is -0.630. The van der Waals surface area contributed by atoms with Crippen LogP contribution in [0.3, 0.4) is 0 Å². The molecule has 0 atom stereocenters. The molecule has 0 aliphatic rings. The number of carbonyl (C=O) groups is 1. The molecule has 18 heavy (non-hydrogen) atoms. The molecule has 0 aliphatic heterocycles. The Labute approximate surface area is 119 Å². The summed E-state index contributed by atoms with van der Waals surface area (Å²) in [5, 5.41) is 0.407. The first kappa shape index (κ1) is 15.4. The van der Waals surface area contributed by atoms with Gasteiger partial charge in [-0.05, 0) is 34.1 Å². The number of esters is 1. The Hall–Kier alpha value is -0.630. The van der Waals surface area contributed by atoms with Gasteiger partial charge >= 0.3 is 5.97 Å². The van der Waals surface area contributed by atoms with Gasteiger partial charge in [-0.1, -0.05) is 11.6 Å². The molecule has 0 fully saturated rings. The Morgan fingerprint density at radius 2 is 2.11 bits per heavy atom. The lowest BCUT2D eigenvalue weighted by Crippen LogP contribution is -2.32. The van der Waals surface area contributed by atoms with Gasteiger partial charge in [0.2, 0.25) is 10.0 Å². The molecule has 100 valence electrons. The summed E-state index contributed by atoms with van der Waals surface area (Å²) in [4.78, 5) is 11.1. The summed E-state index contributed by atoms with van der Waals surface area (Å²) in [5.41, 5.74) is 0. The van der Waals surface area contributed by atoms with Crippen molar-refractivity contribution in [3.8, 4) is 0 Å². The first-order chi connectivity index (χ1) is 8.28. The molecule has 8 heteroatoms. The van der Waals surface area contributed by atoms with E-state index >= 15 is 0 Å². The summed E-state index contributed by atoms with van der Waals surface area (Å²) in [6, 6.07) is 4.21. The molecule has 5 nitrogen and oxygen atoms in total. The first-order valence-electron chi connectivity index (χ1n) is 4.77. The van der Waals surface area contributed by atoms with Crippen molar-refractivity contribution in [2.24, 2.45) is 0 Å². The van der Waals surface area contributed by atoms with E-state index in [0.29, 0.717) is 9.50 Å². The smallest absolute Gasteiger partial charge is 0.321 e. The fraction of sp³-hybridized carbons (Fsp3) is 0.300. The number of methoxy groups -OCH3 is 1. The van der Waals surface area contributed by atoms with Crippen molar-refractivity contribution in [3.63, 3.8) is 0 Å². The monoisotopic (exact) mass is 355 g/mol. The topological polar surface area (TPSA) is 63.7 Å². The van der Waals surface area contributed by atoms with Crippen LogP contribution in [0.25, 0.3) is 0 Å². The molecular formula is C10H11BrClNO4S. The number of ether oxygens (including phenoxy) is 1. The highest BCUT2D eigenvalue weighted by molar-refractivity contribution is 9.10. The van der Waals surface area contributed by atoms with Crippen LogP contribution < -0.4 is 0 Å². The number of carbonyl (C=O) groups excluding carboxylic acids is 1. The first-order valence-corrected chi connectivity index (χ1v) is 7.38. The minimum absolute atomic E-state index is 0.0465. The quantitative estimate of drug-likeness (QED) is 0.773. The van der Waals surface area contributed by atoms with Crippen LogP contribution in [0.1, 0.15) is 0 Å². The third-order valence-corrected chi connectivity index (χ3v) is 5.19. The molecule has 0 amide bonds.